The fourth-order valence-corrected chi connectivity index (χ4v) is 2.45. The molecule has 0 aromatic heterocycles. The SMILES string of the molecule is CCCCNC(=O)NC1(CN)CCCCCC1. The third kappa shape index (κ3) is 4.94. The Labute approximate surface area is 105 Å². The fraction of sp³-hybridized carbons (Fsp3) is 0.923. The van der Waals surface area contributed by atoms with Crippen molar-refractivity contribution in [3.8, 4) is 0 Å². The van der Waals surface area contributed by atoms with E-state index in [1.54, 1.807) is 0 Å². The monoisotopic (exact) mass is 241 g/mol. The molecule has 0 aliphatic heterocycles. The van der Waals surface area contributed by atoms with Gasteiger partial charge in [0.2, 0.25) is 0 Å². The van der Waals surface area contributed by atoms with Crippen molar-refractivity contribution in [3.63, 3.8) is 0 Å². The molecule has 1 fully saturated rings. The first kappa shape index (κ1) is 14.3. The van der Waals surface area contributed by atoms with Crippen molar-refractivity contribution in [1.82, 2.24) is 10.6 Å². The number of carbonyl (C=O) groups is 1. The number of carbonyl (C=O) groups excluding carboxylic acids is 1. The molecule has 0 radical (unpaired) electrons. The maximum Gasteiger partial charge on any atom is 0.315 e. The molecule has 17 heavy (non-hydrogen) atoms. The summed E-state index contributed by atoms with van der Waals surface area (Å²) in [6, 6.07) is -0.0502. The highest BCUT2D eigenvalue weighted by Crippen LogP contribution is 2.26. The Morgan fingerprint density at radius 1 is 1.24 bits per heavy atom. The number of amides is 2. The molecule has 2 amide bonds. The summed E-state index contributed by atoms with van der Waals surface area (Å²) in [5.74, 6) is 0. The summed E-state index contributed by atoms with van der Waals surface area (Å²) < 4.78 is 0. The molecule has 1 aliphatic carbocycles. The molecule has 0 aromatic carbocycles. The predicted octanol–water partition coefficient (Wildman–Crippen LogP) is 2.14. The lowest BCUT2D eigenvalue weighted by atomic mass is 9.90. The zero-order valence-electron chi connectivity index (χ0n) is 11.1. The Morgan fingerprint density at radius 2 is 1.88 bits per heavy atom. The first-order valence-electron chi connectivity index (χ1n) is 6.98. The largest absolute Gasteiger partial charge is 0.338 e. The summed E-state index contributed by atoms with van der Waals surface area (Å²) in [4.78, 5) is 11.8. The van der Waals surface area contributed by atoms with Gasteiger partial charge in [0.05, 0.1) is 5.54 Å². The van der Waals surface area contributed by atoms with Gasteiger partial charge in [-0.15, -0.1) is 0 Å². The van der Waals surface area contributed by atoms with E-state index in [1.807, 2.05) is 0 Å². The van der Waals surface area contributed by atoms with Gasteiger partial charge in [0.25, 0.3) is 0 Å². The van der Waals surface area contributed by atoms with Crippen molar-refractivity contribution < 1.29 is 4.79 Å². The van der Waals surface area contributed by atoms with Crippen molar-refractivity contribution in [2.45, 2.75) is 63.8 Å². The molecule has 0 bridgehead atoms. The van der Waals surface area contributed by atoms with Gasteiger partial charge in [0.15, 0.2) is 0 Å². The molecule has 0 heterocycles. The third-order valence-electron chi connectivity index (χ3n) is 3.65. The molecule has 0 atom stereocenters. The van der Waals surface area contributed by atoms with Crippen LogP contribution in [0.3, 0.4) is 0 Å². The smallest absolute Gasteiger partial charge is 0.315 e. The third-order valence-corrected chi connectivity index (χ3v) is 3.65. The van der Waals surface area contributed by atoms with Crippen LogP contribution in [-0.2, 0) is 0 Å². The van der Waals surface area contributed by atoms with Crippen LogP contribution in [-0.4, -0.2) is 24.7 Å². The maximum absolute atomic E-state index is 11.8. The van der Waals surface area contributed by atoms with E-state index in [2.05, 4.69) is 17.6 Å². The van der Waals surface area contributed by atoms with E-state index < -0.39 is 0 Å². The average molecular weight is 241 g/mol. The van der Waals surface area contributed by atoms with Crippen LogP contribution in [0.1, 0.15) is 58.3 Å². The van der Waals surface area contributed by atoms with E-state index in [9.17, 15) is 4.79 Å². The highest BCUT2D eigenvalue weighted by molar-refractivity contribution is 5.74. The van der Waals surface area contributed by atoms with Crippen LogP contribution < -0.4 is 16.4 Å². The molecule has 4 heteroatoms. The first-order chi connectivity index (χ1) is 8.22. The number of unbranched alkanes of at least 4 members (excludes halogenated alkanes) is 1. The lowest BCUT2D eigenvalue weighted by molar-refractivity contribution is 0.218. The van der Waals surface area contributed by atoms with Gasteiger partial charge in [0.1, 0.15) is 0 Å². The molecule has 1 rings (SSSR count). The van der Waals surface area contributed by atoms with Crippen LogP contribution in [0.2, 0.25) is 0 Å². The molecule has 100 valence electrons. The minimum atomic E-state index is -0.160. The summed E-state index contributed by atoms with van der Waals surface area (Å²) in [6.07, 6.45) is 9.04. The lowest BCUT2D eigenvalue weighted by Gasteiger charge is -2.32. The van der Waals surface area contributed by atoms with Gasteiger partial charge in [-0.3, -0.25) is 0 Å². The molecule has 0 aromatic rings. The summed E-state index contributed by atoms with van der Waals surface area (Å²) >= 11 is 0. The molecule has 1 saturated carbocycles. The molecular formula is C13H27N3O. The second-order valence-electron chi connectivity index (χ2n) is 5.13. The average Bonchev–Trinajstić information content (AvgIpc) is 2.56. The van der Waals surface area contributed by atoms with Gasteiger partial charge >= 0.3 is 6.03 Å². The van der Waals surface area contributed by atoms with Crippen LogP contribution in [0.4, 0.5) is 4.79 Å². The van der Waals surface area contributed by atoms with Crippen LogP contribution in [0.25, 0.3) is 0 Å². The predicted molar refractivity (Wildman–Crippen MR) is 70.9 cm³/mol. The summed E-state index contributed by atoms with van der Waals surface area (Å²) in [5, 5.41) is 6.01. The molecule has 0 spiro atoms. The highest BCUT2D eigenvalue weighted by Gasteiger charge is 2.30. The van der Waals surface area contributed by atoms with E-state index in [0.717, 1.165) is 32.2 Å². The number of nitrogens with one attached hydrogen (secondary N) is 2. The van der Waals surface area contributed by atoms with E-state index in [1.165, 1.54) is 25.7 Å². The second-order valence-corrected chi connectivity index (χ2v) is 5.13. The molecule has 0 saturated heterocycles. The first-order valence-corrected chi connectivity index (χ1v) is 6.98. The van der Waals surface area contributed by atoms with E-state index in [4.69, 9.17) is 5.73 Å². The standard InChI is InChI=1S/C13H27N3O/c1-2-3-10-15-12(17)16-13(11-14)8-6-4-5-7-9-13/h2-11,14H2,1H3,(H2,15,16,17). The van der Waals surface area contributed by atoms with Gasteiger partial charge < -0.3 is 16.4 Å². The molecular weight excluding hydrogens is 214 g/mol. The summed E-state index contributed by atoms with van der Waals surface area (Å²) in [5.41, 5.74) is 5.71. The van der Waals surface area contributed by atoms with Crippen LogP contribution in [0.5, 0.6) is 0 Å². The van der Waals surface area contributed by atoms with Crippen LogP contribution in [0, 0.1) is 0 Å². The van der Waals surface area contributed by atoms with Crippen molar-refractivity contribution >= 4 is 6.03 Å². The van der Waals surface area contributed by atoms with Crippen molar-refractivity contribution in [2.75, 3.05) is 13.1 Å². The second kappa shape index (κ2) is 7.54. The maximum atomic E-state index is 11.8. The Balaban J connectivity index is 2.40. The molecule has 4 nitrogen and oxygen atoms in total. The van der Waals surface area contributed by atoms with Gasteiger partial charge in [0, 0.05) is 13.1 Å². The fourth-order valence-electron chi connectivity index (χ4n) is 2.45. The minimum Gasteiger partial charge on any atom is -0.338 e. The zero-order valence-corrected chi connectivity index (χ0v) is 11.1. The molecule has 4 N–H and O–H groups in total. The lowest BCUT2D eigenvalue weighted by Crippen LogP contribution is -2.56. The van der Waals surface area contributed by atoms with Gasteiger partial charge in [-0.25, -0.2) is 4.79 Å². The summed E-state index contributed by atoms with van der Waals surface area (Å²) in [6.45, 7) is 3.42. The number of hydrogen-bond donors (Lipinski definition) is 3. The zero-order chi connectivity index (χ0) is 12.6. The topological polar surface area (TPSA) is 67.2 Å². The normalized spacial score (nSPS) is 19.4. The minimum absolute atomic E-state index is 0.0502. The van der Waals surface area contributed by atoms with E-state index in [0.29, 0.717) is 6.54 Å². The van der Waals surface area contributed by atoms with Gasteiger partial charge in [-0.1, -0.05) is 39.0 Å². The van der Waals surface area contributed by atoms with Crippen LogP contribution in [0.15, 0.2) is 0 Å². The van der Waals surface area contributed by atoms with E-state index in [-0.39, 0.29) is 11.6 Å². The number of urea groups is 1. The Hall–Kier alpha value is -0.770. The van der Waals surface area contributed by atoms with Crippen molar-refractivity contribution in [2.24, 2.45) is 5.73 Å². The molecule has 1 aliphatic rings. The summed E-state index contributed by atoms with van der Waals surface area (Å²) in [7, 11) is 0. The number of hydrogen-bond acceptors (Lipinski definition) is 2. The van der Waals surface area contributed by atoms with Gasteiger partial charge in [-0.2, -0.15) is 0 Å². The number of rotatable bonds is 5. The number of nitrogens with two attached hydrogens (primary N) is 1. The molecule has 0 unspecified atom stereocenters. The van der Waals surface area contributed by atoms with Crippen molar-refractivity contribution in [1.29, 1.82) is 0 Å². The highest BCUT2D eigenvalue weighted by atomic mass is 16.2. The Kier molecular flexibility index (Phi) is 6.34. The Morgan fingerprint density at radius 3 is 2.41 bits per heavy atom. The van der Waals surface area contributed by atoms with E-state index >= 15 is 0 Å². The van der Waals surface area contributed by atoms with Gasteiger partial charge in [-0.05, 0) is 19.3 Å². The Bertz CT molecular complexity index is 223. The van der Waals surface area contributed by atoms with Crippen LogP contribution >= 0.6 is 0 Å². The quantitative estimate of drug-likeness (QED) is 0.510. The van der Waals surface area contributed by atoms with Crippen molar-refractivity contribution in [3.05, 3.63) is 0 Å².